The van der Waals surface area contributed by atoms with Crippen molar-refractivity contribution in [3.8, 4) is 0 Å². The van der Waals surface area contributed by atoms with Gasteiger partial charge >= 0.3 is 0 Å². The predicted molar refractivity (Wildman–Crippen MR) is 90.3 cm³/mol. The van der Waals surface area contributed by atoms with Gasteiger partial charge in [0.2, 0.25) is 0 Å². The van der Waals surface area contributed by atoms with Crippen LogP contribution in [0.25, 0.3) is 0 Å². The summed E-state index contributed by atoms with van der Waals surface area (Å²) in [6.07, 6.45) is 2.49. The fourth-order valence-corrected chi connectivity index (χ4v) is 2.68. The zero-order chi connectivity index (χ0) is 15.1. The summed E-state index contributed by atoms with van der Waals surface area (Å²) in [5, 5.41) is 3.60. The van der Waals surface area contributed by atoms with Crippen LogP contribution >= 0.6 is 0 Å². The summed E-state index contributed by atoms with van der Waals surface area (Å²) in [5.41, 5.74) is 2.92. The van der Waals surface area contributed by atoms with Gasteiger partial charge in [-0.2, -0.15) is 0 Å². The van der Waals surface area contributed by atoms with Crippen LogP contribution in [0, 0.1) is 11.8 Å². The lowest BCUT2D eigenvalue weighted by atomic mass is 9.90. The van der Waals surface area contributed by atoms with Crippen LogP contribution in [0.3, 0.4) is 0 Å². The Morgan fingerprint density at radius 3 is 1.95 bits per heavy atom. The Balaban J connectivity index is 2.62. The van der Waals surface area contributed by atoms with Gasteiger partial charge in [0.05, 0.1) is 0 Å². The van der Waals surface area contributed by atoms with Crippen molar-refractivity contribution in [1.29, 1.82) is 0 Å². The fraction of sp³-hybridized carbons (Fsp3) is 0.684. The van der Waals surface area contributed by atoms with Crippen molar-refractivity contribution >= 4 is 0 Å². The molecule has 0 aliphatic rings. The first-order valence-corrected chi connectivity index (χ1v) is 8.20. The SMILES string of the molecule is CC(C)CC(CNC(C)C)Cc1ccc(C(C)C)cc1. The summed E-state index contributed by atoms with van der Waals surface area (Å²) in [7, 11) is 0. The van der Waals surface area contributed by atoms with E-state index in [1.165, 1.54) is 24.0 Å². The first-order chi connectivity index (χ1) is 9.38. The Labute approximate surface area is 126 Å². The van der Waals surface area contributed by atoms with E-state index in [9.17, 15) is 0 Å². The molecule has 0 aliphatic heterocycles. The molecule has 1 nitrogen and oxygen atoms in total. The molecule has 1 aromatic rings. The molecule has 0 fully saturated rings. The van der Waals surface area contributed by atoms with Gasteiger partial charge in [-0.1, -0.05) is 65.8 Å². The van der Waals surface area contributed by atoms with E-state index in [0.29, 0.717) is 12.0 Å². The van der Waals surface area contributed by atoms with Crippen molar-refractivity contribution in [2.75, 3.05) is 6.54 Å². The molecule has 1 N–H and O–H groups in total. The van der Waals surface area contributed by atoms with Gasteiger partial charge < -0.3 is 5.32 Å². The summed E-state index contributed by atoms with van der Waals surface area (Å²) >= 11 is 0. The molecular weight excluding hydrogens is 242 g/mol. The second kappa shape index (κ2) is 8.46. The highest BCUT2D eigenvalue weighted by Crippen LogP contribution is 2.20. The van der Waals surface area contributed by atoms with Crippen LogP contribution < -0.4 is 5.32 Å². The summed E-state index contributed by atoms with van der Waals surface area (Å²) in [6, 6.07) is 9.80. The summed E-state index contributed by atoms with van der Waals surface area (Å²) in [6.45, 7) is 14.7. The molecule has 0 aliphatic carbocycles. The van der Waals surface area contributed by atoms with Crippen molar-refractivity contribution < 1.29 is 0 Å². The quantitative estimate of drug-likeness (QED) is 0.703. The Morgan fingerprint density at radius 2 is 1.50 bits per heavy atom. The van der Waals surface area contributed by atoms with Crippen molar-refractivity contribution in [2.24, 2.45) is 11.8 Å². The largest absolute Gasteiger partial charge is 0.314 e. The molecule has 0 saturated carbocycles. The van der Waals surface area contributed by atoms with Gasteiger partial charge in [0.1, 0.15) is 0 Å². The average molecular weight is 275 g/mol. The first-order valence-electron chi connectivity index (χ1n) is 8.20. The van der Waals surface area contributed by atoms with E-state index in [2.05, 4.69) is 71.1 Å². The summed E-state index contributed by atoms with van der Waals surface area (Å²) in [5.74, 6) is 2.13. The Kier molecular flexibility index (Phi) is 7.29. The molecule has 114 valence electrons. The molecule has 1 unspecified atom stereocenters. The van der Waals surface area contributed by atoms with E-state index in [1.807, 2.05) is 0 Å². The average Bonchev–Trinajstić information content (AvgIpc) is 2.36. The van der Waals surface area contributed by atoms with Gasteiger partial charge in [0.25, 0.3) is 0 Å². The smallest absolute Gasteiger partial charge is 0.00104 e. The van der Waals surface area contributed by atoms with E-state index in [4.69, 9.17) is 0 Å². The lowest BCUT2D eigenvalue weighted by Gasteiger charge is -2.21. The van der Waals surface area contributed by atoms with Gasteiger partial charge in [-0.05, 0) is 48.3 Å². The third-order valence-corrected chi connectivity index (χ3v) is 3.79. The molecule has 0 radical (unpaired) electrons. The lowest BCUT2D eigenvalue weighted by molar-refractivity contribution is 0.373. The molecule has 0 spiro atoms. The number of hydrogen-bond donors (Lipinski definition) is 1. The molecule has 1 aromatic carbocycles. The van der Waals surface area contributed by atoms with Crippen LogP contribution in [0.15, 0.2) is 24.3 Å². The van der Waals surface area contributed by atoms with Crippen molar-refractivity contribution in [2.45, 2.75) is 66.3 Å². The highest BCUT2D eigenvalue weighted by atomic mass is 14.9. The zero-order valence-electron chi connectivity index (χ0n) is 14.2. The number of rotatable bonds is 8. The van der Waals surface area contributed by atoms with E-state index >= 15 is 0 Å². The minimum atomic E-state index is 0.577. The lowest BCUT2D eigenvalue weighted by Crippen LogP contribution is -2.30. The van der Waals surface area contributed by atoms with E-state index < -0.39 is 0 Å². The van der Waals surface area contributed by atoms with Crippen LogP contribution in [0.5, 0.6) is 0 Å². The van der Waals surface area contributed by atoms with E-state index in [-0.39, 0.29) is 0 Å². The molecule has 20 heavy (non-hydrogen) atoms. The molecule has 1 atom stereocenters. The van der Waals surface area contributed by atoms with Crippen LogP contribution in [-0.4, -0.2) is 12.6 Å². The Bertz CT molecular complexity index is 362. The highest BCUT2D eigenvalue weighted by molar-refractivity contribution is 5.25. The highest BCUT2D eigenvalue weighted by Gasteiger charge is 2.12. The molecule has 0 saturated heterocycles. The molecular formula is C19H33N. The van der Waals surface area contributed by atoms with Crippen LogP contribution in [-0.2, 0) is 6.42 Å². The fourth-order valence-electron chi connectivity index (χ4n) is 2.68. The first kappa shape index (κ1) is 17.2. The minimum Gasteiger partial charge on any atom is -0.314 e. The maximum absolute atomic E-state index is 3.60. The number of nitrogens with one attached hydrogen (secondary N) is 1. The molecule has 0 bridgehead atoms. The minimum absolute atomic E-state index is 0.577. The second-order valence-corrected chi connectivity index (χ2v) is 7.16. The van der Waals surface area contributed by atoms with Crippen LogP contribution in [0.4, 0.5) is 0 Å². The van der Waals surface area contributed by atoms with Crippen molar-refractivity contribution in [3.63, 3.8) is 0 Å². The molecule has 0 heterocycles. The third kappa shape index (κ3) is 6.56. The van der Waals surface area contributed by atoms with E-state index in [1.54, 1.807) is 0 Å². The van der Waals surface area contributed by atoms with Gasteiger partial charge in [0, 0.05) is 6.04 Å². The van der Waals surface area contributed by atoms with Crippen molar-refractivity contribution in [3.05, 3.63) is 35.4 Å². The molecule has 1 rings (SSSR count). The van der Waals surface area contributed by atoms with Gasteiger partial charge in [-0.15, -0.1) is 0 Å². The van der Waals surface area contributed by atoms with Crippen LogP contribution in [0.2, 0.25) is 0 Å². The number of hydrogen-bond acceptors (Lipinski definition) is 1. The topological polar surface area (TPSA) is 12.0 Å². The summed E-state index contributed by atoms with van der Waals surface area (Å²) in [4.78, 5) is 0. The zero-order valence-corrected chi connectivity index (χ0v) is 14.2. The van der Waals surface area contributed by atoms with Gasteiger partial charge in [-0.3, -0.25) is 0 Å². The maximum Gasteiger partial charge on any atom is 0.00104 e. The predicted octanol–water partition coefficient (Wildman–Crippen LogP) is 5.01. The molecule has 1 heteroatoms. The second-order valence-electron chi connectivity index (χ2n) is 7.16. The normalized spacial score (nSPS) is 13.4. The van der Waals surface area contributed by atoms with Gasteiger partial charge in [0.15, 0.2) is 0 Å². The molecule has 0 aromatic heterocycles. The maximum atomic E-state index is 3.60. The van der Waals surface area contributed by atoms with Gasteiger partial charge in [-0.25, -0.2) is 0 Å². The van der Waals surface area contributed by atoms with Crippen molar-refractivity contribution in [1.82, 2.24) is 5.32 Å². The summed E-state index contributed by atoms with van der Waals surface area (Å²) < 4.78 is 0. The van der Waals surface area contributed by atoms with Crippen LogP contribution in [0.1, 0.15) is 65.0 Å². The Hall–Kier alpha value is -0.820. The standard InChI is InChI=1S/C19H33N/c1-14(2)11-18(13-20-16(5)6)12-17-7-9-19(10-8-17)15(3)4/h7-10,14-16,18,20H,11-13H2,1-6H3. The third-order valence-electron chi connectivity index (χ3n) is 3.79. The Morgan fingerprint density at radius 1 is 0.900 bits per heavy atom. The number of benzene rings is 1. The molecule has 0 amide bonds. The van der Waals surface area contributed by atoms with E-state index in [0.717, 1.165) is 18.4 Å². The monoisotopic (exact) mass is 275 g/mol.